The Morgan fingerprint density at radius 2 is 1.56 bits per heavy atom. The van der Waals surface area contributed by atoms with Crippen LogP contribution in [-0.4, -0.2) is 17.2 Å². The second kappa shape index (κ2) is 6.82. The quantitative estimate of drug-likeness (QED) is 0.711. The highest BCUT2D eigenvalue weighted by Gasteiger charge is 2.35. The largest absolute Gasteiger partial charge is 1.00 e. The molecule has 2 aromatic carbocycles. The molecule has 2 heterocycles. The van der Waals surface area contributed by atoms with Crippen LogP contribution in [0.3, 0.4) is 0 Å². The number of hydrazine groups is 1. The molecule has 0 aromatic heterocycles. The summed E-state index contributed by atoms with van der Waals surface area (Å²) in [7, 11) is 0. The number of allylic oxidation sites excluding steroid dienone is 1. The molecule has 6 heteroatoms. The van der Waals surface area contributed by atoms with Gasteiger partial charge in [0.25, 0.3) is 5.84 Å². The number of nitrogens with zero attached hydrogens (tertiary/aromatic N) is 4. The summed E-state index contributed by atoms with van der Waals surface area (Å²) in [6, 6.07) is 20.4. The van der Waals surface area contributed by atoms with E-state index in [-0.39, 0.29) is 22.4 Å². The van der Waals surface area contributed by atoms with Gasteiger partial charge in [-0.3, -0.25) is 0 Å². The van der Waals surface area contributed by atoms with Gasteiger partial charge >= 0.3 is 0 Å². The van der Waals surface area contributed by atoms with Crippen LogP contribution < -0.4 is 27.5 Å². The van der Waals surface area contributed by atoms with Crippen LogP contribution in [-0.2, 0) is 0 Å². The van der Waals surface area contributed by atoms with E-state index in [1.165, 1.54) is 0 Å². The van der Waals surface area contributed by atoms with Gasteiger partial charge in [0.1, 0.15) is 5.69 Å². The van der Waals surface area contributed by atoms with Gasteiger partial charge in [0.2, 0.25) is 0 Å². The minimum absolute atomic E-state index is 0. The smallest absolute Gasteiger partial charge is 0.277 e. The second-order valence-electron chi connectivity index (χ2n) is 6.53. The highest BCUT2D eigenvalue weighted by Crippen LogP contribution is 2.28. The third-order valence-corrected chi connectivity index (χ3v) is 3.98. The average Bonchev–Trinajstić information content (AvgIpc) is 3.20. The van der Waals surface area contributed by atoms with E-state index >= 15 is 0 Å². The van der Waals surface area contributed by atoms with Gasteiger partial charge in [0, 0.05) is 11.6 Å². The minimum atomic E-state index is -0.0529. The molecule has 2 aliphatic heterocycles. The van der Waals surface area contributed by atoms with Gasteiger partial charge in [0.05, 0.1) is 5.56 Å². The molecule has 4 rings (SSSR count). The van der Waals surface area contributed by atoms with Crippen molar-refractivity contribution in [3.8, 4) is 0 Å². The van der Waals surface area contributed by atoms with E-state index in [1.807, 2.05) is 58.3 Å². The van der Waals surface area contributed by atoms with E-state index in [9.17, 15) is 0 Å². The lowest BCUT2D eigenvalue weighted by atomic mass is 9.97. The number of hydrazone groups is 1. The Labute approximate surface area is 158 Å². The number of anilines is 1. The molecule has 25 heavy (non-hydrogen) atoms. The van der Waals surface area contributed by atoms with E-state index in [2.05, 4.69) is 49.2 Å². The van der Waals surface area contributed by atoms with Crippen molar-refractivity contribution in [1.29, 1.82) is 0 Å². The molecule has 128 valence electrons. The van der Waals surface area contributed by atoms with E-state index in [4.69, 9.17) is 5.10 Å². The first kappa shape index (κ1) is 17.4. The Morgan fingerprint density at radius 1 is 0.920 bits per heavy atom. The first-order chi connectivity index (χ1) is 11.6. The number of nitrogens with two attached hydrogens (primary N) is 1. The van der Waals surface area contributed by atoms with Crippen LogP contribution >= 0.6 is 0 Å². The van der Waals surface area contributed by atoms with Crippen molar-refractivity contribution in [3.05, 3.63) is 78.1 Å². The molecule has 0 fully saturated rings. The third-order valence-electron chi connectivity index (χ3n) is 3.98. The molecule has 0 atom stereocenters. The first-order valence-electron chi connectivity index (χ1n) is 8.04. The van der Waals surface area contributed by atoms with Crippen LogP contribution in [0, 0.1) is 5.41 Å². The third kappa shape index (κ3) is 3.50. The summed E-state index contributed by atoms with van der Waals surface area (Å²) in [5.41, 5.74) is 4.13. The first-order valence-corrected chi connectivity index (χ1v) is 8.04. The fourth-order valence-electron chi connectivity index (χ4n) is 2.76. The van der Waals surface area contributed by atoms with Crippen LogP contribution in [0.4, 0.5) is 5.69 Å². The number of quaternary nitrogens is 1. The maximum atomic E-state index is 4.80. The fourth-order valence-corrected chi connectivity index (χ4v) is 2.76. The number of amidine groups is 1. The molecular weight excluding hydrogens is 378 g/mol. The van der Waals surface area contributed by atoms with Crippen LogP contribution in [0.2, 0.25) is 0 Å². The molecule has 0 bridgehead atoms. The molecule has 0 saturated heterocycles. The maximum absolute atomic E-state index is 4.80. The molecule has 2 aliphatic rings. The molecule has 5 nitrogen and oxygen atoms in total. The summed E-state index contributed by atoms with van der Waals surface area (Å²) in [4.78, 5) is 4.57. The lowest BCUT2D eigenvalue weighted by Gasteiger charge is -2.23. The number of rotatable bonds is 3. The molecule has 0 amide bonds. The number of hydrogen-bond acceptors (Lipinski definition) is 4. The fraction of sp³-hybridized carbons (Fsp3) is 0.158. The standard InChI is InChI=1S/C19H19N5.BrH/c1-19(2)13-17(20-14-19)24-22-18(15-9-5-3-6-10-15)21-23(24)16-11-7-4-8-12-16;/h3-14H,1-2H3,(H,21,22);1H. The summed E-state index contributed by atoms with van der Waals surface area (Å²) < 4.78 is 0. The summed E-state index contributed by atoms with van der Waals surface area (Å²) in [6.07, 6.45) is 4.09. The van der Waals surface area contributed by atoms with Crippen LogP contribution in [0.1, 0.15) is 19.4 Å². The zero-order chi connectivity index (χ0) is 16.6. The molecule has 0 radical (unpaired) electrons. The van der Waals surface area contributed by atoms with Gasteiger partial charge in [-0.15, -0.1) is 10.2 Å². The number of benzene rings is 2. The summed E-state index contributed by atoms with van der Waals surface area (Å²) in [5, 5.41) is 8.70. The highest BCUT2D eigenvalue weighted by atomic mass is 79.9. The molecule has 0 aliphatic carbocycles. The number of aliphatic imine (C=N–C) groups is 1. The molecule has 0 spiro atoms. The van der Waals surface area contributed by atoms with Gasteiger partial charge < -0.3 is 17.0 Å². The lowest BCUT2D eigenvalue weighted by Crippen LogP contribution is -3.00. The number of hydrogen-bond donors (Lipinski definition) is 1. The van der Waals surface area contributed by atoms with Gasteiger partial charge in [-0.1, -0.05) is 55.3 Å². The van der Waals surface area contributed by atoms with Crippen LogP contribution in [0.25, 0.3) is 0 Å². The van der Waals surface area contributed by atoms with Gasteiger partial charge in [-0.25, -0.2) is 4.99 Å². The van der Waals surface area contributed by atoms with Crippen molar-refractivity contribution < 1.29 is 22.4 Å². The van der Waals surface area contributed by atoms with Crippen molar-refractivity contribution >= 4 is 17.7 Å². The average molecular weight is 398 g/mol. The van der Waals surface area contributed by atoms with E-state index in [0.29, 0.717) is 0 Å². The molecule has 0 unspecified atom stereocenters. The van der Waals surface area contributed by atoms with Crippen molar-refractivity contribution in [1.82, 2.24) is 5.12 Å². The Balaban J connectivity index is 0.00000182. The topological polar surface area (TPSA) is 47.8 Å². The zero-order valence-electron chi connectivity index (χ0n) is 14.2. The number of para-hydroxylation sites is 1. The normalized spacial score (nSPS) is 18.0. The van der Waals surface area contributed by atoms with E-state index in [1.54, 1.807) is 0 Å². The minimum Gasteiger partial charge on any atom is -1.00 e. The summed E-state index contributed by atoms with van der Waals surface area (Å²) in [6.45, 7) is 4.27. The summed E-state index contributed by atoms with van der Waals surface area (Å²) in [5.74, 6) is 1.76. The Bertz CT molecular complexity index is 827. The van der Waals surface area contributed by atoms with Gasteiger partial charge in [-0.05, 0) is 30.3 Å². The van der Waals surface area contributed by atoms with Crippen molar-refractivity contribution in [2.75, 3.05) is 5.12 Å². The molecule has 0 saturated carbocycles. The van der Waals surface area contributed by atoms with Gasteiger partial charge in [0.15, 0.2) is 5.82 Å². The Kier molecular flexibility index (Phi) is 4.74. The van der Waals surface area contributed by atoms with E-state index < -0.39 is 0 Å². The Hall–Kier alpha value is -2.44. The zero-order valence-corrected chi connectivity index (χ0v) is 15.8. The van der Waals surface area contributed by atoms with Crippen molar-refractivity contribution in [2.24, 2.45) is 15.5 Å². The van der Waals surface area contributed by atoms with Gasteiger partial charge in [-0.2, -0.15) is 5.43 Å². The predicted octanol–water partition coefficient (Wildman–Crippen LogP) is -0.480. The molecular formula is C19H20BrN5. The van der Waals surface area contributed by atoms with Crippen LogP contribution in [0.5, 0.6) is 0 Å². The SMILES string of the molecule is CC1(C)C=NC(N2N=C(c3ccccc3)[NH2+]N2c2ccccc2)=C1.[Br-]. The van der Waals surface area contributed by atoms with E-state index in [0.717, 1.165) is 22.9 Å². The summed E-state index contributed by atoms with van der Waals surface area (Å²) >= 11 is 0. The van der Waals surface area contributed by atoms with Crippen molar-refractivity contribution in [3.63, 3.8) is 0 Å². The predicted molar refractivity (Wildman–Crippen MR) is 96.0 cm³/mol. The Morgan fingerprint density at radius 3 is 2.16 bits per heavy atom. The second-order valence-corrected chi connectivity index (χ2v) is 6.53. The van der Waals surface area contributed by atoms with Crippen LogP contribution in [0.15, 0.2) is 82.7 Å². The molecule has 2 N–H and O–H groups in total. The lowest BCUT2D eigenvalue weighted by molar-refractivity contribution is -0.562. The highest BCUT2D eigenvalue weighted by molar-refractivity contribution is 5.92. The monoisotopic (exact) mass is 397 g/mol. The number of halogens is 1. The molecule has 2 aromatic rings. The maximum Gasteiger partial charge on any atom is 0.277 e. The van der Waals surface area contributed by atoms with Crippen molar-refractivity contribution in [2.45, 2.75) is 13.8 Å².